The molecule has 0 saturated carbocycles. The average Bonchev–Trinajstić information content (AvgIpc) is 2.39. The van der Waals surface area contributed by atoms with Crippen LogP contribution in [-0.4, -0.2) is 35.0 Å². The Morgan fingerprint density at radius 3 is 2.94 bits per heavy atom. The SMILES string of the molecule is Cc1ccc2c(c1)CCCN(CC(=O)O)C2=O. The van der Waals surface area contributed by atoms with Gasteiger partial charge in [-0.15, -0.1) is 0 Å². The van der Waals surface area contributed by atoms with E-state index in [0.29, 0.717) is 12.1 Å². The van der Waals surface area contributed by atoms with Gasteiger partial charge in [-0.05, 0) is 31.4 Å². The zero-order valence-electron chi connectivity index (χ0n) is 9.77. The van der Waals surface area contributed by atoms with Crippen molar-refractivity contribution in [1.29, 1.82) is 0 Å². The highest BCUT2D eigenvalue weighted by molar-refractivity contribution is 5.97. The summed E-state index contributed by atoms with van der Waals surface area (Å²) in [5.41, 5.74) is 2.81. The molecule has 0 aromatic heterocycles. The highest BCUT2D eigenvalue weighted by Gasteiger charge is 2.23. The smallest absolute Gasteiger partial charge is 0.323 e. The maximum atomic E-state index is 12.1. The van der Waals surface area contributed by atoms with Gasteiger partial charge in [-0.2, -0.15) is 0 Å². The number of benzene rings is 1. The Bertz CT molecular complexity index is 468. The van der Waals surface area contributed by atoms with E-state index in [9.17, 15) is 9.59 Å². The topological polar surface area (TPSA) is 57.6 Å². The molecule has 0 bridgehead atoms. The van der Waals surface area contributed by atoms with Gasteiger partial charge in [0.25, 0.3) is 5.91 Å². The van der Waals surface area contributed by atoms with Gasteiger partial charge in [0.15, 0.2) is 0 Å². The van der Waals surface area contributed by atoms with E-state index >= 15 is 0 Å². The van der Waals surface area contributed by atoms with E-state index < -0.39 is 5.97 Å². The number of aliphatic carboxylic acids is 1. The number of hydrogen-bond donors (Lipinski definition) is 1. The second-order valence-corrected chi connectivity index (χ2v) is 4.38. The van der Waals surface area contributed by atoms with Gasteiger partial charge in [0.2, 0.25) is 0 Å². The first-order chi connectivity index (χ1) is 8.08. The van der Waals surface area contributed by atoms with Crippen molar-refractivity contribution < 1.29 is 14.7 Å². The number of carbonyl (C=O) groups excluding carboxylic acids is 1. The number of nitrogens with zero attached hydrogens (tertiary/aromatic N) is 1. The minimum Gasteiger partial charge on any atom is -0.480 e. The summed E-state index contributed by atoms with van der Waals surface area (Å²) in [6.07, 6.45) is 1.65. The molecule has 1 heterocycles. The van der Waals surface area contributed by atoms with Crippen molar-refractivity contribution >= 4 is 11.9 Å². The first kappa shape index (κ1) is 11.6. The molecule has 4 heteroatoms. The van der Waals surface area contributed by atoms with Crippen LogP contribution in [-0.2, 0) is 11.2 Å². The second-order valence-electron chi connectivity index (χ2n) is 4.38. The Morgan fingerprint density at radius 2 is 2.24 bits per heavy atom. The Morgan fingerprint density at radius 1 is 1.47 bits per heavy atom. The third kappa shape index (κ3) is 2.46. The van der Waals surface area contributed by atoms with Crippen molar-refractivity contribution in [3.63, 3.8) is 0 Å². The van der Waals surface area contributed by atoms with E-state index in [-0.39, 0.29) is 12.5 Å². The van der Waals surface area contributed by atoms with E-state index in [1.165, 1.54) is 4.90 Å². The highest BCUT2D eigenvalue weighted by atomic mass is 16.4. The van der Waals surface area contributed by atoms with Crippen LogP contribution in [0.25, 0.3) is 0 Å². The molecule has 0 radical (unpaired) electrons. The van der Waals surface area contributed by atoms with Crippen molar-refractivity contribution in [3.05, 3.63) is 34.9 Å². The summed E-state index contributed by atoms with van der Waals surface area (Å²) in [4.78, 5) is 24.2. The van der Waals surface area contributed by atoms with Gasteiger partial charge in [0, 0.05) is 12.1 Å². The lowest BCUT2D eigenvalue weighted by Gasteiger charge is -2.18. The summed E-state index contributed by atoms with van der Waals surface area (Å²) in [5.74, 6) is -1.13. The molecule has 2 rings (SSSR count). The van der Waals surface area contributed by atoms with E-state index in [1.54, 1.807) is 6.07 Å². The summed E-state index contributed by atoms with van der Waals surface area (Å²) in [7, 11) is 0. The van der Waals surface area contributed by atoms with Crippen LogP contribution in [0.15, 0.2) is 18.2 Å². The monoisotopic (exact) mass is 233 g/mol. The van der Waals surface area contributed by atoms with Crippen molar-refractivity contribution in [2.45, 2.75) is 19.8 Å². The first-order valence-electron chi connectivity index (χ1n) is 5.68. The summed E-state index contributed by atoms with van der Waals surface area (Å²) in [5, 5.41) is 8.77. The van der Waals surface area contributed by atoms with E-state index in [2.05, 4.69) is 0 Å². The normalized spacial score (nSPS) is 15.4. The molecule has 1 aromatic carbocycles. The van der Waals surface area contributed by atoms with E-state index in [4.69, 9.17) is 5.11 Å². The molecule has 0 aliphatic carbocycles. The van der Waals surface area contributed by atoms with Crippen LogP contribution < -0.4 is 0 Å². The van der Waals surface area contributed by atoms with Gasteiger partial charge in [0.05, 0.1) is 0 Å². The van der Waals surface area contributed by atoms with Gasteiger partial charge in [0.1, 0.15) is 6.54 Å². The third-order valence-electron chi connectivity index (χ3n) is 2.98. The molecular weight excluding hydrogens is 218 g/mol. The molecule has 1 aromatic rings. The molecule has 1 aliphatic heterocycles. The van der Waals surface area contributed by atoms with Crippen LogP contribution in [0.2, 0.25) is 0 Å². The fourth-order valence-electron chi connectivity index (χ4n) is 2.18. The number of fused-ring (bicyclic) bond motifs is 1. The van der Waals surface area contributed by atoms with Crippen LogP contribution in [0, 0.1) is 6.92 Å². The van der Waals surface area contributed by atoms with Gasteiger partial charge in [-0.3, -0.25) is 9.59 Å². The number of aryl methyl sites for hydroxylation is 2. The summed E-state index contributed by atoms with van der Waals surface area (Å²) >= 11 is 0. The summed E-state index contributed by atoms with van der Waals surface area (Å²) in [6.45, 7) is 2.29. The van der Waals surface area contributed by atoms with Gasteiger partial charge in [-0.25, -0.2) is 0 Å². The minimum absolute atomic E-state index is 0.167. The molecule has 1 aliphatic rings. The third-order valence-corrected chi connectivity index (χ3v) is 2.98. The maximum absolute atomic E-state index is 12.1. The number of carbonyl (C=O) groups is 2. The fourth-order valence-corrected chi connectivity index (χ4v) is 2.18. The van der Waals surface area contributed by atoms with Gasteiger partial charge in [-0.1, -0.05) is 17.7 Å². The zero-order chi connectivity index (χ0) is 12.4. The van der Waals surface area contributed by atoms with Crippen molar-refractivity contribution in [1.82, 2.24) is 4.90 Å². The predicted molar refractivity (Wildman–Crippen MR) is 63.0 cm³/mol. The Kier molecular flexibility index (Phi) is 3.13. The second kappa shape index (κ2) is 4.57. The standard InChI is InChI=1S/C13H15NO3/c1-9-4-5-11-10(7-9)3-2-6-14(13(11)17)8-12(15)16/h4-5,7H,2-3,6,8H2,1H3,(H,15,16). The number of hydrogen-bond acceptors (Lipinski definition) is 2. The quantitative estimate of drug-likeness (QED) is 0.841. The number of rotatable bonds is 2. The van der Waals surface area contributed by atoms with Crippen LogP contribution in [0.5, 0.6) is 0 Å². The van der Waals surface area contributed by atoms with Crippen molar-refractivity contribution in [3.8, 4) is 0 Å². The molecule has 0 fully saturated rings. The van der Waals surface area contributed by atoms with Crippen LogP contribution in [0.4, 0.5) is 0 Å². The number of carboxylic acid groups (broad SMARTS) is 1. The van der Waals surface area contributed by atoms with Crippen LogP contribution in [0.1, 0.15) is 27.9 Å². The lowest BCUT2D eigenvalue weighted by atomic mass is 10.0. The van der Waals surface area contributed by atoms with E-state index in [1.807, 2.05) is 19.1 Å². The Labute approximate surface area is 99.9 Å². The number of amides is 1. The molecule has 0 saturated heterocycles. The Balaban J connectivity index is 2.33. The molecule has 90 valence electrons. The fraction of sp³-hybridized carbons (Fsp3) is 0.385. The lowest BCUT2D eigenvalue weighted by Crippen LogP contribution is -2.35. The molecule has 17 heavy (non-hydrogen) atoms. The summed E-state index contributed by atoms with van der Waals surface area (Å²) < 4.78 is 0. The van der Waals surface area contributed by atoms with Gasteiger partial charge >= 0.3 is 5.97 Å². The van der Waals surface area contributed by atoms with Crippen molar-refractivity contribution in [2.24, 2.45) is 0 Å². The molecule has 1 amide bonds. The molecule has 0 unspecified atom stereocenters. The van der Waals surface area contributed by atoms with Crippen LogP contribution in [0.3, 0.4) is 0 Å². The molecular formula is C13H15NO3. The molecule has 4 nitrogen and oxygen atoms in total. The lowest BCUT2D eigenvalue weighted by molar-refractivity contribution is -0.137. The largest absolute Gasteiger partial charge is 0.480 e. The van der Waals surface area contributed by atoms with Gasteiger partial charge < -0.3 is 10.0 Å². The highest BCUT2D eigenvalue weighted by Crippen LogP contribution is 2.19. The minimum atomic E-state index is -0.964. The average molecular weight is 233 g/mol. The number of carboxylic acids is 1. The Hall–Kier alpha value is -1.84. The predicted octanol–water partition coefficient (Wildman–Crippen LogP) is 1.47. The van der Waals surface area contributed by atoms with E-state index in [0.717, 1.165) is 24.0 Å². The van der Waals surface area contributed by atoms with Crippen LogP contribution >= 0.6 is 0 Å². The van der Waals surface area contributed by atoms with Crippen molar-refractivity contribution in [2.75, 3.05) is 13.1 Å². The maximum Gasteiger partial charge on any atom is 0.323 e. The summed E-state index contributed by atoms with van der Waals surface area (Å²) in [6, 6.07) is 5.70. The molecule has 1 N–H and O–H groups in total. The molecule has 0 atom stereocenters. The molecule has 0 spiro atoms. The first-order valence-corrected chi connectivity index (χ1v) is 5.68. The zero-order valence-corrected chi connectivity index (χ0v) is 9.77.